The van der Waals surface area contributed by atoms with E-state index in [0.29, 0.717) is 11.5 Å². The summed E-state index contributed by atoms with van der Waals surface area (Å²) in [5, 5.41) is 13.9. The number of nitrogens with zero attached hydrogens (tertiary/aromatic N) is 4. The molecular weight excluding hydrogens is 297 g/mol. The minimum absolute atomic E-state index is 0.0294. The molecule has 1 aromatic carbocycles. The third-order valence-electron chi connectivity index (χ3n) is 3.84. The monoisotopic (exact) mass is 319 g/mol. The van der Waals surface area contributed by atoms with Gasteiger partial charge in [0.1, 0.15) is 11.5 Å². The van der Waals surface area contributed by atoms with Gasteiger partial charge in [0.15, 0.2) is 5.82 Å². The standard InChI is InChI=1S/C16H22FN5O/c1-4-6-7-12(5-2)16(23)18-13-8-9-14(17)15(10-13)22-11(3)19-20-21-22/h8-10,12H,4-7H2,1-3H3,(H,18,23). The van der Waals surface area contributed by atoms with Crippen molar-refractivity contribution >= 4 is 11.6 Å². The van der Waals surface area contributed by atoms with Crippen molar-refractivity contribution in [1.82, 2.24) is 20.2 Å². The second-order valence-electron chi connectivity index (χ2n) is 5.54. The molecule has 7 heteroatoms. The number of unbranched alkanes of at least 4 members (excludes halogenated alkanes) is 1. The number of hydrogen-bond acceptors (Lipinski definition) is 4. The normalized spacial score (nSPS) is 12.2. The molecule has 0 aliphatic carbocycles. The summed E-state index contributed by atoms with van der Waals surface area (Å²) in [5.74, 6) is -0.0386. The van der Waals surface area contributed by atoms with Crippen LogP contribution in [0.15, 0.2) is 18.2 Å². The summed E-state index contributed by atoms with van der Waals surface area (Å²) in [6.45, 7) is 5.79. The van der Waals surface area contributed by atoms with Gasteiger partial charge in [-0.05, 0) is 48.4 Å². The zero-order chi connectivity index (χ0) is 16.8. The quantitative estimate of drug-likeness (QED) is 0.850. The topological polar surface area (TPSA) is 72.7 Å². The summed E-state index contributed by atoms with van der Waals surface area (Å²) >= 11 is 0. The van der Waals surface area contributed by atoms with Crippen LogP contribution in [0.1, 0.15) is 45.4 Å². The van der Waals surface area contributed by atoms with Crippen LogP contribution in [-0.2, 0) is 4.79 Å². The average molecular weight is 319 g/mol. The zero-order valence-electron chi connectivity index (χ0n) is 13.7. The minimum atomic E-state index is -0.448. The van der Waals surface area contributed by atoms with Crippen LogP contribution in [0, 0.1) is 18.7 Å². The first kappa shape index (κ1) is 17.1. The number of aromatic nitrogens is 4. The second-order valence-corrected chi connectivity index (χ2v) is 5.54. The Morgan fingerprint density at radius 1 is 1.39 bits per heavy atom. The Kier molecular flexibility index (Phi) is 5.78. The number of halogens is 1. The smallest absolute Gasteiger partial charge is 0.227 e. The number of anilines is 1. The van der Waals surface area contributed by atoms with E-state index in [-0.39, 0.29) is 17.5 Å². The van der Waals surface area contributed by atoms with Crippen LogP contribution in [0.25, 0.3) is 5.69 Å². The highest BCUT2D eigenvalue weighted by Gasteiger charge is 2.17. The molecule has 2 rings (SSSR count). The zero-order valence-corrected chi connectivity index (χ0v) is 13.7. The predicted octanol–water partition coefficient (Wildman–Crippen LogP) is 3.26. The Labute approximate surface area is 135 Å². The molecule has 0 radical (unpaired) electrons. The van der Waals surface area contributed by atoms with Crippen LogP contribution in [0.2, 0.25) is 0 Å². The van der Waals surface area contributed by atoms with Gasteiger partial charge in [0.25, 0.3) is 0 Å². The van der Waals surface area contributed by atoms with Crippen LogP contribution in [0.3, 0.4) is 0 Å². The van der Waals surface area contributed by atoms with E-state index in [2.05, 4.69) is 27.8 Å². The van der Waals surface area contributed by atoms with Gasteiger partial charge in [0.05, 0.1) is 0 Å². The fraction of sp³-hybridized carbons (Fsp3) is 0.500. The molecule has 1 amide bonds. The molecule has 2 aromatic rings. The van der Waals surface area contributed by atoms with E-state index in [0.717, 1.165) is 25.7 Å². The fourth-order valence-corrected chi connectivity index (χ4v) is 2.42. The van der Waals surface area contributed by atoms with Crippen molar-refractivity contribution in [2.75, 3.05) is 5.32 Å². The highest BCUT2D eigenvalue weighted by atomic mass is 19.1. The SMILES string of the molecule is CCCCC(CC)C(=O)Nc1ccc(F)c(-n2nnnc2C)c1. The number of hydrogen-bond donors (Lipinski definition) is 1. The van der Waals surface area contributed by atoms with Gasteiger partial charge < -0.3 is 5.32 Å². The number of nitrogens with one attached hydrogen (secondary N) is 1. The lowest BCUT2D eigenvalue weighted by atomic mass is 9.98. The van der Waals surface area contributed by atoms with Crippen molar-refractivity contribution in [3.8, 4) is 5.69 Å². The van der Waals surface area contributed by atoms with E-state index < -0.39 is 5.82 Å². The third-order valence-corrected chi connectivity index (χ3v) is 3.84. The lowest BCUT2D eigenvalue weighted by molar-refractivity contribution is -0.120. The number of tetrazole rings is 1. The van der Waals surface area contributed by atoms with E-state index >= 15 is 0 Å². The Hall–Kier alpha value is -2.31. The largest absolute Gasteiger partial charge is 0.326 e. The Balaban J connectivity index is 2.18. The van der Waals surface area contributed by atoms with Gasteiger partial charge in [0, 0.05) is 11.6 Å². The Bertz CT molecular complexity index is 670. The summed E-state index contributed by atoms with van der Waals surface area (Å²) in [5.41, 5.74) is 0.753. The van der Waals surface area contributed by atoms with E-state index in [1.54, 1.807) is 19.1 Å². The number of carbonyl (C=O) groups is 1. The molecule has 1 N–H and O–H groups in total. The summed E-state index contributed by atoms with van der Waals surface area (Å²) in [6, 6.07) is 4.39. The first-order valence-electron chi connectivity index (χ1n) is 7.92. The molecule has 0 fully saturated rings. The first-order valence-corrected chi connectivity index (χ1v) is 7.92. The lowest BCUT2D eigenvalue weighted by Crippen LogP contribution is -2.22. The molecule has 1 atom stereocenters. The summed E-state index contributed by atoms with van der Waals surface area (Å²) in [6.07, 6.45) is 3.72. The first-order chi connectivity index (χ1) is 11.1. The molecule has 0 saturated carbocycles. The molecule has 124 valence electrons. The maximum Gasteiger partial charge on any atom is 0.227 e. The summed E-state index contributed by atoms with van der Waals surface area (Å²) in [7, 11) is 0. The van der Waals surface area contributed by atoms with Crippen LogP contribution >= 0.6 is 0 Å². The molecule has 1 heterocycles. The molecular formula is C16H22FN5O. The molecule has 0 aliphatic heterocycles. The van der Waals surface area contributed by atoms with Gasteiger partial charge >= 0.3 is 0 Å². The Morgan fingerprint density at radius 3 is 2.78 bits per heavy atom. The highest BCUT2D eigenvalue weighted by Crippen LogP contribution is 2.21. The van der Waals surface area contributed by atoms with Crippen molar-refractivity contribution in [2.24, 2.45) is 5.92 Å². The summed E-state index contributed by atoms with van der Waals surface area (Å²) in [4.78, 5) is 12.3. The predicted molar refractivity (Wildman–Crippen MR) is 85.8 cm³/mol. The molecule has 23 heavy (non-hydrogen) atoms. The van der Waals surface area contributed by atoms with Crippen molar-refractivity contribution in [1.29, 1.82) is 0 Å². The number of aryl methyl sites for hydroxylation is 1. The molecule has 1 unspecified atom stereocenters. The van der Waals surface area contributed by atoms with Crippen molar-refractivity contribution in [3.05, 3.63) is 29.8 Å². The van der Waals surface area contributed by atoms with E-state index in [1.165, 1.54) is 10.7 Å². The van der Waals surface area contributed by atoms with Gasteiger partial charge in [-0.3, -0.25) is 4.79 Å². The second kappa shape index (κ2) is 7.80. The van der Waals surface area contributed by atoms with Gasteiger partial charge in [0.2, 0.25) is 5.91 Å². The third kappa shape index (κ3) is 4.12. The molecule has 0 aliphatic rings. The summed E-state index contributed by atoms with van der Waals surface area (Å²) < 4.78 is 15.3. The Morgan fingerprint density at radius 2 is 2.17 bits per heavy atom. The maximum absolute atomic E-state index is 14.0. The number of carbonyl (C=O) groups excluding carboxylic acids is 1. The van der Waals surface area contributed by atoms with Crippen molar-refractivity contribution in [2.45, 2.75) is 46.5 Å². The highest BCUT2D eigenvalue weighted by molar-refractivity contribution is 5.92. The van der Waals surface area contributed by atoms with E-state index in [1.807, 2.05) is 6.92 Å². The van der Waals surface area contributed by atoms with Crippen LogP contribution in [-0.4, -0.2) is 26.1 Å². The molecule has 0 saturated heterocycles. The van der Waals surface area contributed by atoms with Crippen LogP contribution in [0.5, 0.6) is 0 Å². The lowest BCUT2D eigenvalue weighted by Gasteiger charge is -2.15. The van der Waals surface area contributed by atoms with Gasteiger partial charge in [-0.2, -0.15) is 4.68 Å². The van der Waals surface area contributed by atoms with Crippen molar-refractivity contribution < 1.29 is 9.18 Å². The van der Waals surface area contributed by atoms with E-state index in [9.17, 15) is 9.18 Å². The van der Waals surface area contributed by atoms with Gasteiger partial charge in [-0.25, -0.2) is 4.39 Å². The number of amides is 1. The van der Waals surface area contributed by atoms with Gasteiger partial charge in [-0.15, -0.1) is 5.10 Å². The van der Waals surface area contributed by atoms with Crippen LogP contribution < -0.4 is 5.32 Å². The molecule has 0 spiro atoms. The van der Waals surface area contributed by atoms with Crippen molar-refractivity contribution in [3.63, 3.8) is 0 Å². The van der Waals surface area contributed by atoms with E-state index in [4.69, 9.17) is 0 Å². The average Bonchev–Trinajstić information content (AvgIpc) is 2.96. The molecule has 1 aromatic heterocycles. The molecule has 0 bridgehead atoms. The number of rotatable bonds is 7. The van der Waals surface area contributed by atoms with Crippen LogP contribution in [0.4, 0.5) is 10.1 Å². The fourth-order valence-electron chi connectivity index (χ4n) is 2.42. The maximum atomic E-state index is 14.0. The molecule has 6 nitrogen and oxygen atoms in total. The number of benzene rings is 1. The minimum Gasteiger partial charge on any atom is -0.326 e. The van der Waals surface area contributed by atoms with Gasteiger partial charge in [-0.1, -0.05) is 26.7 Å².